The number of hydrogen-bond acceptors (Lipinski definition) is 6. The predicted octanol–water partition coefficient (Wildman–Crippen LogP) is 3.54. The van der Waals surface area contributed by atoms with E-state index in [1.54, 1.807) is 32.4 Å². The maximum atomic E-state index is 13.7. The number of nitrogens with zero attached hydrogens (tertiary/aromatic N) is 2. The minimum Gasteiger partial charge on any atom is -0.495 e. The van der Waals surface area contributed by atoms with E-state index in [2.05, 4.69) is 0 Å². The number of amides is 2. The summed E-state index contributed by atoms with van der Waals surface area (Å²) in [5.41, 5.74) is 2.77. The van der Waals surface area contributed by atoms with Crippen LogP contribution in [0.3, 0.4) is 0 Å². The third kappa shape index (κ3) is 4.80. The zero-order chi connectivity index (χ0) is 23.3. The Kier molecular flexibility index (Phi) is 7.90. The summed E-state index contributed by atoms with van der Waals surface area (Å²) < 4.78 is 15.7. The summed E-state index contributed by atoms with van der Waals surface area (Å²) >= 11 is 6.28. The van der Waals surface area contributed by atoms with Crippen LogP contribution >= 0.6 is 11.6 Å². The first-order valence-electron chi connectivity index (χ1n) is 10.2. The number of rotatable bonds is 10. The van der Waals surface area contributed by atoms with Crippen molar-refractivity contribution < 1.29 is 23.8 Å². The maximum Gasteiger partial charge on any atom is 0.282 e. The number of carbonyl (C=O) groups excluding carboxylic acids is 2. The Balaban J connectivity index is 2.12. The molecule has 0 radical (unpaired) electrons. The molecule has 2 amide bonds. The standard InChI is InChI=1S/C24H27ClN2O5/c1-16-5-7-17(8-6-16)21-22(26(11-13-30-2)12-14-31-3)24(29)27(23(21)28)18-9-10-20(32-4)19(25)15-18/h5-10,15H,11-14H2,1-4H3. The highest BCUT2D eigenvalue weighted by Crippen LogP contribution is 2.37. The highest BCUT2D eigenvalue weighted by molar-refractivity contribution is 6.45. The van der Waals surface area contributed by atoms with E-state index in [9.17, 15) is 9.59 Å². The van der Waals surface area contributed by atoms with Crippen molar-refractivity contribution in [3.63, 3.8) is 0 Å². The summed E-state index contributed by atoms with van der Waals surface area (Å²) in [5, 5.41) is 0.312. The van der Waals surface area contributed by atoms with E-state index >= 15 is 0 Å². The molecular formula is C24H27ClN2O5. The van der Waals surface area contributed by atoms with E-state index in [0.717, 1.165) is 10.5 Å². The number of ether oxygens (including phenoxy) is 3. The fourth-order valence-corrected chi connectivity index (χ4v) is 3.81. The van der Waals surface area contributed by atoms with Crippen molar-refractivity contribution in [2.24, 2.45) is 0 Å². The predicted molar refractivity (Wildman–Crippen MR) is 124 cm³/mol. The van der Waals surface area contributed by atoms with Crippen molar-refractivity contribution in [3.8, 4) is 5.75 Å². The van der Waals surface area contributed by atoms with Gasteiger partial charge in [0.05, 0.1) is 36.6 Å². The quantitative estimate of drug-likeness (QED) is 0.507. The van der Waals surface area contributed by atoms with Gasteiger partial charge in [-0.05, 0) is 30.7 Å². The number of halogens is 1. The molecule has 32 heavy (non-hydrogen) atoms. The van der Waals surface area contributed by atoms with E-state index in [4.69, 9.17) is 25.8 Å². The number of imide groups is 1. The van der Waals surface area contributed by atoms with Crippen LogP contribution in [0.15, 0.2) is 48.2 Å². The first kappa shape index (κ1) is 23.8. The lowest BCUT2D eigenvalue weighted by Gasteiger charge is -2.25. The molecule has 2 aromatic rings. The fraction of sp³-hybridized carbons (Fsp3) is 0.333. The van der Waals surface area contributed by atoms with Crippen LogP contribution in [0.2, 0.25) is 5.02 Å². The normalized spacial score (nSPS) is 13.8. The Bertz CT molecular complexity index is 1010. The molecule has 0 saturated heterocycles. The van der Waals surface area contributed by atoms with Gasteiger partial charge >= 0.3 is 0 Å². The zero-order valence-corrected chi connectivity index (χ0v) is 19.4. The molecule has 0 atom stereocenters. The summed E-state index contributed by atoms with van der Waals surface area (Å²) in [6.07, 6.45) is 0. The molecule has 0 aromatic heterocycles. The molecule has 1 aliphatic heterocycles. The molecule has 170 valence electrons. The van der Waals surface area contributed by atoms with Gasteiger partial charge in [-0.2, -0.15) is 0 Å². The summed E-state index contributed by atoms with van der Waals surface area (Å²) in [6.45, 7) is 3.62. The largest absolute Gasteiger partial charge is 0.495 e. The van der Waals surface area contributed by atoms with Gasteiger partial charge in [0.25, 0.3) is 11.8 Å². The Morgan fingerprint density at radius 3 is 2.06 bits per heavy atom. The second kappa shape index (κ2) is 10.6. The zero-order valence-electron chi connectivity index (χ0n) is 18.7. The van der Waals surface area contributed by atoms with Gasteiger partial charge in [-0.1, -0.05) is 41.4 Å². The third-order valence-corrected chi connectivity index (χ3v) is 5.54. The van der Waals surface area contributed by atoms with Crippen LogP contribution < -0.4 is 9.64 Å². The third-order valence-electron chi connectivity index (χ3n) is 5.24. The lowest BCUT2D eigenvalue weighted by molar-refractivity contribution is -0.120. The van der Waals surface area contributed by atoms with Crippen LogP contribution in [0.5, 0.6) is 5.75 Å². The van der Waals surface area contributed by atoms with Crippen LogP contribution in [-0.4, -0.2) is 64.3 Å². The van der Waals surface area contributed by atoms with Crippen LogP contribution in [0.25, 0.3) is 5.57 Å². The molecular weight excluding hydrogens is 432 g/mol. The molecule has 1 heterocycles. The number of hydrogen-bond donors (Lipinski definition) is 0. The second-order valence-electron chi connectivity index (χ2n) is 7.33. The van der Waals surface area contributed by atoms with Crippen molar-refractivity contribution in [1.82, 2.24) is 4.90 Å². The molecule has 0 spiro atoms. The van der Waals surface area contributed by atoms with E-state index in [-0.39, 0.29) is 0 Å². The molecule has 2 aromatic carbocycles. The van der Waals surface area contributed by atoms with E-state index in [0.29, 0.717) is 59.6 Å². The van der Waals surface area contributed by atoms with Gasteiger partial charge in [0.15, 0.2) is 0 Å². The number of aryl methyl sites for hydroxylation is 1. The Labute approximate surface area is 193 Å². The number of methoxy groups -OCH3 is 3. The molecule has 7 nitrogen and oxygen atoms in total. The Morgan fingerprint density at radius 1 is 0.906 bits per heavy atom. The van der Waals surface area contributed by atoms with Gasteiger partial charge in [-0.25, -0.2) is 4.90 Å². The van der Waals surface area contributed by atoms with Gasteiger partial charge < -0.3 is 19.1 Å². The van der Waals surface area contributed by atoms with Crippen molar-refractivity contribution in [2.75, 3.05) is 52.5 Å². The smallest absolute Gasteiger partial charge is 0.282 e. The SMILES string of the molecule is COCCN(CCOC)C1=C(c2ccc(C)cc2)C(=O)N(c2ccc(OC)c(Cl)c2)C1=O. The van der Waals surface area contributed by atoms with Gasteiger partial charge in [0, 0.05) is 27.3 Å². The van der Waals surface area contributed by atoms with Crippen LogP contribution in [0.4, 0.5) is 5.69 Å². The van der Waals surface area contributed by atoms with Crippen LogP contribution in [0.1, 0.15) is 11.1 Å². The van der Waals surface area contributed by atoms with Gasteiger partial charge in [-0.3, -0.25) is 9.59 Å². The number of carbonyl (C=O) groups is 2. The Hall–Kier alpha value is -2.87. The van der Waals surface area contributed by atoms with E-state index < -0.39 is 11.8 Å². The lowest BCUT2D eigenvalue weighted by atomic mass is 10.0. The van der Waals surface area contributed by atoms with Gasteiger partial charge in [0.2, 0.25) is 0 Å². The minimum absolute atomic E-state index is 0.312. The molecule has 8 heteroatoms. The van der Waals surface area contributed by atoms with Crippen molar-refractivity contribution in [1.29, 1.82) is 0 Å². The number of anilines is 1. The highest BCUT2D eigenvalue weighted by atomic mass is 35.5. The molecule has 0 unspecified atom stereocenters. The van der Waals surface area contributed by atoms with Crippen molar-refractivity contribution >= 4 is 34.7 Å². The lowest BCUT2D eigenvalue weighted by Crippen LogP contribution is -2.37. The number of benzene rings is 2. The summed E-state index contributed by atoms with van der Waals surface area (Å²) in [4.78, 5) is 30.3. The van der Waals surface area contributed by atoms with Crippen LogP contribution in [0, 0.1) is 6.92 Å². The first-order valence-corrected chi connectivity index (χ1v) is 10.6. The maximum absolute atomic E-state index is 13.7. The molecule has 0 bridgehead atoms. The minimum atomic E-state index is -0.418. The fourth-order valence-electron chi connectivity index (χ4n) is 3.56. The van der Waals surface area contributed by atoms with Gasteiger partial charge in [-0.15, -0.1) is 0 Å². The monoisotopic (exact) mass is 458 g/mol. The average Bonchev–Trinajstić information content (AvgIpc) is 3.04. The van der Waals surface area contributed by atoms with E-state index in [1.807, 2.05) is 36.1 Å². The Morgan fingerprint density at radius 2 is 1.53 bits per heavy atom. The summed E-state index contributed by atoms with van der Waals surface area (Å²) in [5.74, 6) is -0.364. The van der Waals surface area contributed by atoms with Crippen LogP contribution in [-0.2, 0) is 19.1 Å². The topological polar surface area (TPSA) is 68.3 Å². The molecule has 0 saturated carbocycles. The van der Waals surface area contributed by atoms with E-state index in [1.165, 1.54) is 7.11 Å². The first-order chi connectivity index (χ1) is 15.4. The molecule has 0 fully saturated rings. The molecule has 1 aliphatic rings. The average molecular weight is 459 g/mol. The van der Waals surface area contributed by atoms with Gasteiger partial charge in [0.1, 0.15) is 11.4 Å². The highest BCUT2D eigenvalue weighted by Gasteiger charge is 2.42. The molecule has 0 aliphatic carbocycles. The van der Waals surface area contributed by atoms with Crippen molar-refractivity contribution in [3.05, 3.63) is 64.3 Å². The molecule has 3 rings (SSSR count). The summed E-state index contributed by atoms with van der Waals surface area (Å²) in [6, 6.07) is 12.4. The van der Waals surface area contributed by atoms with Crippen molar-refractivity contribution in [2.45, 2.75) is 6.92 Å². The summed E-state index contributed by atoms with van der Waals surface area (Å²) in [7, 11) is 4.69. The molecule has 0 N–H and O–H groups in total. The second-order valence-corrected chi connectivity index (χ2v) is 7.73.